The lowest BCUT2D eigenvalue weighted by molar-refractivity contribution is -0.137. The minimum absolute atomic E-state index is 0.0137. The quantitative estimate of drug-likeness (QED) is 0.108. The zero-order valence-electron chi connectivity index (χ0n) is 27.7. The molecule has 0 atom stereocenters. The second-order valence-corrected chi connectivity index (χ2v) is 14.1. The lowest BCUT2D eigenvalue weighted by atomic mass is 9.76. The molecule has 1 saturated carbocycles. The van der Waals surface area contributed by atoms with Gasteiger partial charge in [-0.05, 0) is 80.3 Å². The van der Waals surface area contributed by atoms with Crippen LogP contribution in [0.2, 0.25) is 0 Å². The van der Waals surface area contributed by atoms with Gasteiger partial charge in [0.05, 0.1) is 43.4 Å². The maximum Gasteiger partial charge on any atom is 0.421 e. The van der Waals surface area contributed by atoms with Crippen molar-refractivity contribution in [2.24, 2.45) is 5.92 Å². The molecule has 12 nitrogen and oxygen atoms in total. The SMILES string of the molecule is CCOP(=O)(Cc1ccc(Nc2ncc(C(F)(F)F)c(Nc3ccc(C4CCC(C(O)O)CC4)c4c3C(=O)N(C)C4)n2)c(OC)c1)OCC. The van der Waals surface area contributed by atoms with Crippen molar-refractivity contribution in [3.8, 4) is 5.75 Å². The van der Waals surface area contributed by atoms with Crippen LogP contribution in [0.25, 0.3) is 0 Å². The Balaban J connectivity index is 1.45. The van der Waals surface area contributed by atoms with Gasteiger partial charge in [0, 0.05) is 25.7 Å². The molecule has 3 aromatic rings. The maximum absolute atomic E-state index is 14.2. The topological polar surface area (TPSA) is 155 Å². The number of nitrogens with one attached hydrogen (secondary N) is 2. The van der Waals surface area contributed by atoms with Gasteiger partial charge in [-0.15, -0.1) is 0 Å². The molecule has 0 unspecified atom stereocenters. The highest BCUT2D eigenvalue weighted by Gasteiger charge is 2.38. The van der Waals surface area contributed by atoms with E-state index in [1.54, 1.807) is 45.2 Å². The van der Waals surface area contributed by atoms with Gasteiger partial charge in [0.2, 0.25) is 5.95 Å². The van der Waals surface area contributed by atoms with E-state index < -0.39 is 31.4 Å². The Morgan fingerprint density at radius 1 is 1.04 bits per heavy atom. The Morgan fingerprint density at radius 2 is 1.71 bits per heavy atom. The first-order valence-electron chi connectivity index (χ1n) is 16.1. The van der Waals surface area contributed by atoms with Crippen molar-refractivity contribution < 1.29 is 46.5 Å². The molecule has 16 heteroatoms. The summed E-state index contributed by atoms with van der Waals surface area (Å²) in [5.74, 6) is -0.903. The number of halogens is 3. The van der Waals surface area contributed by atoms with E-state index >= 15 is 0 Å². The molecule has 4 N–H and O–H groups in total. The predicted octanol–water partition coefficient (Wildman–Crippen LogP) is 6.93. The van der Waals surface area contributed by atoms with Crippen LogP contribution in [-0.4, -0.2) is 64.6 Å². The normalized spacial score (nSPS) is 18.2. The minimum Gasteiger partial charge on any atom is -0.495 e. The Bertz CT molecular complexity index is 1710. The van der Waals surface area contributed by atoms with Gasteiger partial charge < -0.3 is 39.5 Å². The number of hydrogen-bond donors (Lipinski definition) is 4. The third kappa shape index (κ3) is 8.18. The Morgan fingerprint density at radius 3 is 2.33 bits per heavy atom. The first-order valence-corrected chi connectivity index (χ1v) is 17.8. The molecule has 0 spiro atoms. The summed E-state index contributed by atoms with van der Waals surface area (Å²) in [5, 5.41) is 24.9. The van der Waals surface area contributed by atoms with E-state index in [1.807, 2.05) is 6.07 Å². The van der Waals surface area contributed by atoms with Crippen molar-refractivity contribution in [2.75, 3.05) is 38.0 Å². The van der Waals surface area contributed by atoms with E-state index in [0.717, 1.165) is 11.1 Å². The summed E-state index contributed by atoms with van der Waals surface area (Å²) in [5.41, 5.74) is 1.92. The van der Waals surface area contributed by atoms with E-state index in [4.69, 9.17) is 13.8 Å². The Kier molecular flexibility index (Phi) is 11.2. The number of rotatable bonds is 13. The second-order valence-electron chi connectivity index (χ2n) is 12.1. The molecular weight excluding hydrogens is 666 g/mol. The van der Waals surface area contributed by atoms with Crippen LogP contribution >= 0.6 is 7.60 Å². The molecule has 2 aromatic carbocycles. The number of benzene rings is 2. The number of aliphatic hydroxyl groups is 2. The molecule has 1 aromatic heterocycles. The van der Waals surface area contributed by atoms with Crippen molar-refractivity contribution in [3.63, 3.8) is 0 Å². The third-order valence-electron chi connectivity index (χ3n) is 8.83. The van der Waals surface area contributed by atoms with Crippen LogP contribution in [0.4, 0.5) is 36.3 Å². The van der Waals surface area contributed by atoms with Crippen LogP contribution in [0.15, 0.2) is 36.5 Å². The van der Waals surface area contributed by atoms with E-state index in [9.17, 15) is 32.7 Å². The third-order valence-corrected chi connectivity index (χ3v) is 10.9. The number of hydrogen-bond acceptors (Lipinski definition) is 11. The highest BCUT2D eigenvalue weighted by atomic mass is 31.2. The number of nitrogens with zero attached hydrogens (tertiary/aromatic N) is 3. The Hall–Kier alpha value is -3.75. The summed E-state index contributed by atoms with van der Waals surface area (Å²) in [6.07, 6.45) is -2.93. The van der Waals surface area contributed by atoms with E-state index in [1.165, 1.54) is 12.0 Å². The average Bonchev–Trinajstić information content (AvgIpc) is 3.35. The maximum atomic E-state index is 14.2. The molecule has 1 aliphatic carbocycles. The number of ether oxygens (including phenoxy) is 1. The zero-order valence-corrected chi connectivity index (χ0v) is 28.6. The monoisotopic (exact) mass is 707 g/mol. The van der Waals surface area contributed by atoms with Crippen LogP contribution in [-0.2, 0) is 32.5 Å². The fourth-order valence-corrected chi connectivity index (χ4v) is 8.16. The van der Waals surface area contributed by atoms with Gasteiger partial charge in [0.1, 0.15) is 17.1 Å². The van der Waals surface area contributed by atoms with Gasteiger partial charge in [0.15, 0.2) is 6.29 Å². The molecule has 2 heterocycles. The lowest BCUT2D eigenvalue weighted by Crippen LogP contribution is -2.25. The van der Waals surface area contributed by atoms with Gasteiger partial charge in [-0.3, -0.25) is 9.36 Å². The number of methoxy groups -OCH3 is 1. The van der Waals surface area contributed by atoms with Crippen LogP contribution < -0.4 is 15.4 Å². The second kappa shape index (κ2) is 15.0. The summed E-state index contributed by atoms with van der Waals surface area (Å²) in [4.78, 5) is 22.9. The van der Waals surface area contributed by atoms with Gasteiger partial charge in [-0.25, -0.2) is 4.98 Å². The number of carbonyl (C=O) groups is 1. The smallest absolute Gasteiger partial charge is 0.421 e. The largest absolute Gasteiger partial charge is 0.495 e. The molecule has 1 fully saturated rings. The highest BCUT2D eigenvalue weighted by molar-refractivity contribution is 7.53. The molecule has 0 bridgehead atoms. The molecular formula is C33H41F3N5O7P. The molecule has 49 heavy (non-hydrogen) atoms. The predicted molar refractivity (Wildman–Crippen MR) is 176 cm³/mol. The van der Waals surface area contributed by atoms with Gasteiger partial charge in [-0.1, -0.05) is 12.1 Å². The van der Waals surface area contributed by atoms with Crippen LogP contribution in [0.3, 0.4) is 0 Å². The molecule has 5 rings (SSSR count). The van der Waals surface area contributed by atoms with Crippen molar-refractivity contribution in [2.45, 2.75) is 70.6 Å². The van der Waals surface area contributed by atoms with Crippen molar-refractivity contribution >= 4 is 36.6 Å². The highest BCUT2D eigenvalue weighted by Crippen LogP contribution is 2.52. The zero-order chi connectivity index (χ0) is 35.5. The summed E-state index contributed by atoms with van der Waals surface area (Å²) >= 11 is 0. The summed E-state index contributed by atoms with van der Waals surface area (Å²) in [6.45, 7) is 4.12. The fraction of sp³-hybridized carbons (Fsp3) is 0.485. The number of amides is 1. The lowest BCUT2D eigenvalue weighted by Gasteiger charge is -2.31. The van der Waals surface area contributed by atoms with E-state index in [2.05, 4.69) is 20.6 Å². The summed E-state index contributed by atoms with van der Waals surface area (Å²) in [6, 6.07) is 8.29. The van der Waals surface area contributed by atoms with Gasteiger partial charge in [-0.2, -0.15) is 18.2 Å². The molecule has 2 aliphatic rings. The molecule has 266 valence electrons. The summed E-state index contributed by atoms with van der Waals surface area (Å²) < 4.78 is 71.9. The van der Waals surface area contributed by atoms with Crippen molar-refractivity contribution in [3.05, 3.63) is 64.3 Å². The first kappa shape index (κ1) is 36.5. The van der Waals surface area contributed by atoms with Crippen molar-refractivity contribution in [1.29, 1.82) is 0 Å². The number of carbonyl (C=O) groups excluding carboxylic acids is 1. The Labute approximate surface area is 282 Å². The van der Waals surface area contributed by atoms with Gasteiger partial charge in [0.25, 0.3) is 5.91 Å². The molecule has 0 radical (unpaired) electrons. The number of aromatic nitrogens is 2. The number of aliphatic hydroxyl groups excluding tert-OH is 1. The van der Waals surface area contributed by atoms with E-state index in [0.29, 0.717) is 55.4 Å². The average molecular weight is 708 g/mol. The van der Waals surface area contributed by atoms with Crippen molar-refractivity contribution in [1.82, 2.24) is 14.9 Å². The van der Waals surface area contributed by atoms with Crippen LogP contribution in [0, 0.1) is 5.92 Å². The fourth-order valence-electron chi connectivity index (χ4n) is 6.47. The minimum atomic E-state index is -4.81. The number of fused-ring (bicyclic) bond motifs is 1. The first-order chi connectivity index (χ1) is 23.3. The molecule has 1 amide bonds. The summed E-state index contributed by atoms with van der Waals surface area (Å²) in [7, 11) is -0.363. The number of alkyl halides is 3. The van der Waals surface area contributed by atoms with Gasteiger partial charge >= 0.3 is 13.8 Å². The van der Waals surface area contributed by atoms with Crippen LogP contribution in [0.1, 0.15) is 78.1 Å². The molecule has 0 saturated heterocycles. The standard InChI is InChI=1S/C33H41F3N5O7P/c1-5-47-49(45,48-6-2)18-19-7-13-25(27(15-19)46-4)39-32-37-16-24(33(34,35)36)29(40-32)38-26-14-12-22(23-17-41(3)30(42)28(23)26)20-8-10-21(11-9-20)31(43)44/h7,12-16,20-21,31,43-44H,5-6,8-11,17-18H2,1-4H3,(H2,37,38,39,40). The van der Waals surface area contributed by atoms with Crippen LogP contribution in [0.5, 0.6) is 5.75 Å². The van der Waals surface area contributed by atoms with E-state index in [-0.39, 0.29) is 54.3 Å². The number of anilines is 4. The molecule has 1 aliphatic heterocycles.